The van der Waals surface area contributed by atoms with Crippen molar-refractivity contribution in [2.24, 2.45) is 0 Å². The molecule has 3 aromatic heterocycles. The van der Waals surface area contributed by atoms with Crippen molar-refractivity contribution in [3.63, 3.8) is 0 Å². The van der Waals surface area contributed by atoms with Crippen molar-refractivity contribution < 1.29 is 9.21 Å². The van der Waals surface area contributed by atoms with Crippen molar-refractivity contribution in [1.29, 1.82) is 0 Å². The van der Waals surface area contributed by atoms with E-state index in [1.165, 1.54) is 12.6 Å². The molecule has 4 heterocycles. The average molecular weight is 339 g/mol. The van der Waals surface area contributed by atoms with E-state index in [4.69, 9.17) is 4.42 Å². The first kappa shape index (κ1) is 15.4. The Labute approximate surface area is 142 Å². The maximum Gasteiger partial charge on any atom is 0.261 e. The Balaban J connectivity index is 1.64. The average Bonchev–Trinajstić information content (AvgIpc) is 3.35. The van der Waals surface area contributed by atoms with Crippen LogP contribution in [0.5, 0.6) is 0 Å². The minimum Gasteiger partial charge on any atom is -0.463 e. The van der Waals surface area contributed by atoms with Crippen LogP contribution in [0.15, 0.2) is 46.1 Å². The third kappa shape index (κ3) is 2.86. The number of H-pyrrole nitrogens is 2. The molecule has 1 atom stereocenters. The highest BCUT2D eigenvalue weighted by Crippen LogP contribution is 2.29. The number of furan rings is 1. The summed E-state index contributed by atoms with van der Waals surface area (Å²) in [5.74, 6) is 0.902. The number of nitrogens with zero attached hydrogens (tertiary/aromatic N) is 3. The SMILES string of the molecule is O=C(c1ccc(-c2ccco2)[nH]c1=O)N1CCCCC1c1ncn[nH]1. The molecular weight excluding hydrogens is 322 g/mol. The van der Waals surface area contributed by atoms with Gasteiger partial charge in [0.15, 0.2) is 0 Å². The van der Waals surface area contributed by atoms with Crippen molar-refractivity contribution in [3.8, 4) is 11.5 Å². The molecule has 0 bridgehead atoms. The van der Waals surface area contributed by atoms with Crippen LogP contribution in [-0.4, -0.2) is 37.5 Å². The minimum absolute atomic E-state index is 0.113. The first-order valence-corrected chi connectivity index (χ1v) is 8.17. The van der Waals surface area contributed by atoms with Crippen LogP contribution < -0.4 is 5.56 Å². The van der Waals surface area contributed by atoms with Gasteiger partial charge in [0.05, 0.1) is 18.0 Å². The van der Waals surface area contributed by atoms with Crippen molar-refractivity contribution in [3.05, 3.63) is 58.6 Å². The molecule has 4 rings (SSSR count). The van der Waals surface area contributed by atoms with Crippen LogP contribution >= 0.6 is 0 Å². The van der Waals surface area contributed by atoms with Gasteiger partial charge in [0.25, 0.3) is 11.5 Å². The molecule has 0 aromatic carbocycles. The van der Waals surface area contributed by atoms with Crippen LogP contribution in [-0.2, 0) is 0 Å². The number of aromatic nitrogens is 4. The maximum atomic E-state index is 12.9. The molecule has 1 amide bonds. The van der Waals surface area contributed by atoms with Gasteiger partial charge in [-0.2, -0.15) is 5.10 Å². The van der Waals surface area contributed by atoms with Gasteiger partial charge in [-0.05, 0) is 43.5 Å². The summed E-state index contributed by atoms with van der Waals surface area (Å²) in [6.07, 6.45) is 5.66. The summed E-state index contributed by atoms with van der Waals surface area (Å²) < 4.78 is 5.27. The summed E-state index contributed by atoms with van der Waals surface area (Å²) in [6, 6.07) is 6.53. The predicted molar refractivity (Wildman–Crippen MR) is 88.8 cm³/mol. The normalized spacial score (nSPS) is 17.6. The molecule has 1 aliphatic rings. The number of amides is 1. The molecule has 0 saturated carbocycles. The number of carbonyl (C=O) groups excluding carboxylic acids is 1. The lowest BCUT2D eigenvalue weighted by Gasteiger charge is -2.34. The molecule has 3 aromatic rings. The fourth-order valence-electron chi connectivity index (χ4n) is 3.21. The van der Waals surface area contributed by atoms with Gasteiger partial charge in [-0.3, -0.25) is 14.7 Å². The Hall–Kier alpha value is -3.16. The highest BCUT2D eigenvalue weighted by molar-refractivity contribution is 5.94. The monoisotopic (exact) mass is 339 g/mol. The number of nitrogens with one attached hydrogen (secondary N) is 2. The number of pyridine rings is 1. The van der Waals surface area contributed by atoms with Gasteiger partial charge in [0.2, 0.25) is 0 Å². The van der Waals surface area contributed by atoms with Crippen LogP contribution in [0.2, 0.25) is 0 Å². The van der Waals surface area contributed by atoms with Gasteiger partial charge in [-0.1, -0.05) is 0 Å². The van der Waals surface area contributed by atoms with Gasteiger partial charge >= 0.3 is 0 Å². The van der Waals surface area contributed by atoms with Crippen LogP contribution in [0.3, 0.4) is 0 Å². The van der Waals surface area contributed by atoms with E-state index >= 15 is 0 Å². The van der Waals surface area contributed by atoms with Crippen molar-refractivity contribution in [2.75, 3.05) is 6.54 Å². The second-order valence-corrected chi connectivity index (χ2v) is 5.97. The van der Waals surface area contributed by atoms with E-state index in [1.807, 2.05) is 0 Å². The molecule has 1 saturated heterocycles. The molecular formula is C17H17N5O3. The number of hydrogen-bond donors (Lipinski definition) is 2. The Morgan fingerprint density at radius 1 is 1.28 bits per heavy atom. The smallest absolute Gasteiger partial charge is 0.261 e. The Kier molecular flexibility index (Phi) is 3.93. The molecule has 8 nitrogen and oxygen atoms in total. The lowest BCUT2D eigenvalue weighted by Crippen LogP contribution is -2.41. The molecule has 0 spiro atoms. The number of aromatic amines is 2. The van der Waals surface area contributed by atoms with E-state index < -0.39 is 5.56 Å². The summed E-state index contributed by atoms with van der Waals surface area (Å²) >= 11 is 0. The predicted octanol–water partition coefficient (Wildman–Crippen LogP) is 2.12. The fraction of sp³-hybridized carbons (Fsp3) is 0.294. The molecule has 1 aliphatic heterocycles. The number of hydrogen-bond acceptors (Lipinski definition) is 5. The van der Waals surface area contributed by atoms with Gasteiger partial charge in [-0.15, -0.1) is 0 Å². The topological polar surface area (TPSA) is 108 Å². The standard InChI is InChI=1S/C17H17N5O3/c23-16-11(6-7-12(20-16)14-5-3-9-25-14)17(24)22-8-2-1-4-13(22)15-18-10-19-21-15/h3,5-7,9-10,13H,1-2,4,8H2,(H,20,23)(H,18,19,21). The zero-order valence-electron chi connectivity index (χ0n) is 13.4. The number of piperidine rings is 1. The van der Waals surface area contributed by atoms with E-state index in [0.717, 1.165) is 19.3 Å². The van der Waals surface area contributed by atoms with Gasteiger partial charge in [0, 0.05) is 6.54 Å². The Bertz CT molecular complexity index is 914. The lowest BCUT2D eigenvalue weighted by molar-refractivity contribution is 0.0598. The van der Waals surface area contributed by atoms with E-state index in [0.29, 0.717) is 23.8 Å². The van der Waals surface area contributed by atoms with Crippen LogP contribution in [0.25, 0.3) is 11.5 Å². The largest absolute Gasteiger partial charge is 0.463 e. The Morgan fingerprint density at radius 3 is 2.92 bits per heavy atom. The second kappa shape index (κ2) is 6.39. The van der Waals surface area contributed by atoms with E-state index in [9.17, 15) is 9.59 Å². The molecule has 1 unspecified atom stereocenters. The Morgan fingerprint density at radius 2 is 2.20 bits per heavy atom. The van der Waals surface area contributed by atoms with E-state index in [2.05, 4.69) is 20.2 Å². The first-order chi connectivity index (χ1) is 12.2. The summed E-state index contributed by atoms with van der Waals surface area (Å²) in [6.45, 7) is 0.587. The van der Waals surface area contributed by atoms with Gasteiger partial charge < -0.3 is 14.3 Å². The highest BCUT2D eigenvalue weighted by Gasteiger charge is 2.31. The molecule has 128 valence electrons. The number of carbonyl (C=O) groups is 1. The highest BCUT2D eigenvalue weighted by atomic mass is 16.3. The number of rotatable bonds is 3. The number of likely N-dealkylation sites (tertiary alicyclic amines) is 1. The zero-order valence-corrected chi connectivity index (χ0v) is 13.4. The maximum absolute atomic E-state index is 12.9. The van der Waals surface area contributed by atoms with Crippen LogP contribution in [0, 0.1) is 0 Å². The summed E-state index contributed by atoms with van der Waals surface area (Å²) in [5, 5.41) is 6.70. The van der Waals surface area contributed by atoms with Crippen LogP contribution in [0.1, 0.15) is 41.5 Å². The third-order valence-electron chi connectivity index (χ3n) is 4.44. The third-order valence-corrected chi connectivity index (χ3v) is 4.44. The minimum atomic E-state index is -0.430. The van der Waals surface area contributed by atoms with Gasteiger partial charge in [0.1, 0.15) is 23.5 Å². The molecule has 8 heteroatoms. The summed E-state index contributed by atoms with van der Waals surface area (Å²) in [4.78, 5) is 34.0. The lowest BCUT2D eigenvalue weighted by atomic mass is 10.0. The molecule has 1 fully saturated rings. The van der Waals surface area contributed by atoms with Crippen molar-refractivity contribution in [1.82, 2.24) is 25.1 Å². The summed E-state index contributed by atoms with van der Waals surface area (Å²) in [7, 11) is 0. The molecule has 2 N–H and O–H groups in total. The van der Waals surface area contributed by atoms with E-state index in [-0.39, 0.29) is 17.5 Å². The molecule has 0 radical (unpaired) electrons. The second-order valence-electron chi connectivity index (χ2n) is 5.97. The first-order valence-electron chi connectivity index (χ1n) is 8.17. The molecule has 0 aliphatic carbocycles. The molecule has 25 heavy (non-hydrogen) atoms. The van der Waals surface area contributed by atoms with E-state index in [1.54, 1.807) is 29.2 Å². The quantitative estimate of drug-likeness (QED) is 0.760. The van der Waals surface area contributed by atoms with Crippen molar-refractivity contribution >= 4 is 5.91 Å². The van der Waals surface area contributed by atoms with Crippen LogP contribution in [0.4, 0.5) is 0 Å². The fourth-order valence-corrected chi connectivity index (χ4v) is 3.21. The summed E-state index contributed by atoms with van der Waals surface area (Å²) in [5.41, 5.74) is 0.222. The van der Waals surface area contributed by atoms with Gasteiger partial charge in [-0.25, -0.2) is 4.98 Å². The zero-order chi connectivity index (χ0) is 17.2. The van der Waals surface area contributed by atoms with Crippen molar-refractivity contribution in [2.45, 2.75) is 25.3 Å².